The van der Waals surface area contributed by atoms with E-state index in [1.54, 1.807) is 0 Å². The first-order chi connectivity index (χ1) is 7.68. The third-order valence-corrected chi connectivity index (χ3v) is 2.64. The van der Waals surface area contributed by atoms with Gasteiger partial charge in [-0.3, -0.25) is 0 Å². The van der Waals surface area contributed by atoms with Crippen molar-refractivity contribution in [3.05, 3.63) is 35.6 Å². The zero-order chi connectivity index (χ0) is 11.8. The maximum atomic E-state index is 12.6. The minimum absolute atomic E-state index is 0.159. The Morgan fingerprint density at radius 2 is 1.81 bits per heavy atom. The lowest BCUT2D eigenvalue weighted by atomic mass is 10.1. The molecule has 0 fully saturated rings. The highest BCUT2D eigenvalue weighted by molar-refractivity contribution is 5.16. The van der Waals surface area contributed by atoms with Crippen molar-refractivity contribution >= 4 is 0 Å². The van der Waals surface area contributed by atoms with Gasteiger partial charge in [0.2, 0.25) is 0 Å². The molecule has 0 atom stereocenters. The van der Waals surface area contributed by atoms with Gasteiger partial charge in [0.25, 0.3) is 0 Å². The largest absolute Gasteiger partial charge is 0.316 e. The summed E-state index contributed by atoms with van der Waals surface area (Å²) < 4.78 is 12.6. The van der Waals surface area contributed by atoms with Gasteiger partial charge >= 0.3 is 0 Å². The van der Waals surface area contributed by atoms with Crippen molar-refractivity contribution in [1.82, 2.24) is 5.32 Å². The molecule has 0 aromatic heterocycles. The van der Waals surface area contributed by atoms with Gasteiger partial charge < -0.3 is 5.32 Å². The van der Waals surface area contributed by atoms with Gasteiger partial charge in [0, 0.05) is 0 Å². The first kappa shape index (κ1) is 13.2. The molecule has 0 spiro atoms. The Bertz CT molecular complexity index is 279. The summed E-state index contributed by atoms with van der Waals surface area (Å²) in [6.45, 7) is 6.56. The number of nitrogens with one attached hydrogen (secondary N) is 1. The predicted molar refractivity (Wildman–Crippen MR) is 67.0 cm³/mol. The topological polar surface area (TPSA) is 12.0 Å². The van der Waals surface area contributed by atoms with E-state index in [1.165, 1.54) is 30.5 Å². The molecule has 1 rings (SSSR count). The lowest BCUT2D eigenvalue weighted by Crippen LogP contribution is -2.18. The molecule has 0 saturated heterocycles. The van der Waals surface area contributed by atoms with E-state index < -0.39 is 0 Å². The van der Waals surface area contributed by atoms with E-state index in [9.17, 15) is 4.39 Å². The van der Waals surface area contributed by atoms with Crippen LogP contribution in [-0.2, 0) is 6.42 Å². The summed E-state index contributed by atoms with van der Waals surface area (Å²) in [6, 6.07) is 6.75. The molecular formula is C14H22FN. The van der Waals surface area contributed by atoms with Gasteiger partial charge in [-0.25, -0.2) is 4.39 Å². The number of hydrogen-bond donors (Lipinski definition) is 1. The standard InChI is InChI=1S/C14H22FN/c1-12(2)4-3-10-16-11-9-13-5-7-14(15)8-6-13/h5-8,12,16H,3-4,9-11H2,1-2H3. The average molecular weight is 223 g/mol. The predicted octanol–water partition coefficient (Wildman–Crippen LogP) is 3.39. The van der Waals surface area contributed by atoms with Crippen molar-refractivity contribution in [2.24, 2.45) is 5.92 Å². The van der Waals surface area contributed by atoms with E-state index in [1.807, 2.05) is 12.1 Å². The molecule has 2 heteroatoms. The summed E-state index contributed by atoms with van der Waals surface area (Å²) in [7, 11) is 0. The monoisotopic (exact) mass is 223 g/mol. The lowest BCUT2D eigenvalue weighted by molar-refractivity contribution is 0.528. The molecule has 0 aliphatic rings. The van der Waals surface area contributed by atoms with Crippen molar-refractivity contribution in [1.29, 1.82) is 0 Å². The van der Waals surface area contributed by atoms with Crippen LogP contribution in [0.3, 0.4) is 0 Å². The molecule has 0 aliphatic carbocycles. The first-order valence-corrected chi connectivity index (χ1v) is 6.13. The second-order valence-corrected chi connectivity index (χ2v) is 4.66. The summed E-state index contributed by atoms with van der Waals surface area (Å²) in [5, 5.41) is 3.41. The molecule has 1 N–H and O–H groups in total. The highest BCUT2D eigenvalue weighted by Gasteiger charge is 1.95. The van der Waals surface area contributed by atoms with Gasteiger partial charge in [-0.05, 0) is 56.0 Å². The molecule has 0 heterocycles. The lowest BCUT2D eigenvalue weighted by Gasteiger charge is -2.06. The van der Waals surface area contributed by atoms with E-state index >= 15 is 0 Å². The molecule has 1 aromatic carbocycles. The second-order valence-electron chi connectivity index (χ2n) is 4.66. The molecule has 0 radical (unpaired) electrons. The quantitative estimate of drug-likeness (QED) is 0.699. The van der Waals surface area contributed by atoms with E-state index in [0.717, 1.165) is 25.4 Å². The van der Waals surface area contributed by atoms with Crippen LogP contribution >= 0.6 is 0 Å². The normalized spacial score (nSPS) is 11.0. The summed E-state index contributed by atoms with van der Waals surface area (Å²) in [5.74, 6) is 0.632. The molecule has 0 saturated carbocycles. The fourth-order valence-electron chi connectivity index (χ4n) is 1.64. The van der Waals surface area contributed by atoms with Crippen LogP contribution in [0.15, 0.2) is 24.3 Å². The fraction of sp³-hybridized carbons (Fsp3) is 0.571. The Labute approximate surface area is 98.1 Å². The summed E-state index contributed by atoms with van der Waals surface area (Å²) in [6.07, 6.45) is 3.49. The van der Waals surface area contributed by atoms with Crippen LogP contribution in [0.5, 0.6) is 0 Å². The summed E-state index contributed by atoms with van der Waals surface area (Å²) in [5.41, 5.74) is 1.19. The second kappa shape index (κ2) is 7.39. The zero-order valence-electron chi connectivity index (χ0n) is 10.3. The Balaban J connectivity index is 2.05. The minimum Gasteiger partial charge on any atom is -0.316 e. The van der Waals surface area contributed by atoms with E-state index in [-0.39, 0.29) is 5.82 Å². The maximum Gasteiger partial charge on any atom is 0.123 e. The molecular weight excluding hydrogens is 201 g/mol. The molecule has 16 heavy (non-hydrogen) atoms. The molecule has 0 aliphatic heterocycles. The number of hydrogen-bond acceptors (Lipinski definition) is 1. The molecule has 90 valence electrons. The SMILES string of the molecule is CC(C)CCCNCCc1ccc(F)cc1. The highest BCUT2D eigenvalue weighted by Crippen LogP contribution is 2.03. The third-order valence-electron chi connectivity index (χ3n) is 2.64. The zero-order valence-corrected chi connectivity index (χ0v) is 10.3. The Hall–Kier alpha value is -0.890. The van der Waals surface area contributed by atoms with Gasteiger partial charge in [-0.15, -0.1) is 0 Å². The Morgan fingerprint density at radius 1 is 1.12 bits per heavy atom. The maximum absolute atomic E-state index is 12.6. The molecule has 1 aromatic rings. The van der Waals surface area contributed by atoms with Gasteiger partial charge in [0.1, 0.15) is 5.82 Å². The third kappa shape index (κ3) is 5.86. The van der Waals surface area contributed by atoms with Gasteiger partial charge in [0.15, 0.2) is 0 Å². The molecule has 0 amide bonds. The summed E-state index contributed by atoms with van der Waals surface area (Å²) in [4.78, 5) is 0. The fourth-order valence-corrected chi connectivity index (χ4v) is 1.64. The van der Waals surface area contributed by atoms with Crippen molar-refractivity contribution in [3.63, 3.8) is 0 Å². The van der Waals surface area contributed by atoms with Crippen LogP contribution in [0, 0.1) is 11.7 Å². The van der Waals surface area contributed by atoms with Crippen LogP contribution in [0.1, 0.15) is 32.3 Å². The van der Waals surface area contributed by atoms with Gasteiger partial charge in [0.05, 0.1) is 0 Å². The Kier molecular flexibility index (Phi) is 6.09. The highest BCUT2D eigenvalue weighted by atomic mass is 19.1. The average Bonchev–Trinajstić information content (AvgIpc) is 2.25. The van der Waals surface area contributed by atoms with Crippen molar-refractivity contribution in [2.75, 3.05) is 13.1 Å². The molecule has 0 bridgehead atoms. The van der Waals surface area contributed by atoms with Gasteiger partial charge in [-0.2, -0.15) is 0 Å². The van der Waals surface area contributed by atoms with Crippen LogP contribution in [-0.4, -0.2) is 13.1 Å². The number of benzene rings is 1. The van der Waals surface area contributed by atoms with Crippen LogP contribution in [0.25, 0.3) is 0 Å². The number of halogens is 1. The minimum atomic E-state index is -0.159. The van der Waals surface area contributed by atoms with E-state index in [0.29, 0.717) is 0 Å². The van der Waals surface area contributed by atoms with Crippen LogP contribution in [0.4, 0.5) is 4.39 Å². The molecule has 1 nitrogen and oxygen atoms in total. The Morgan fingerprint density at radius 3 is 2.44 bits per heavy atom. The van der Waals surface area contributed by atoms with Crippen molar-refractivity contribution < 1.29 is 4.39 Å². The van der Waals surface area contributed by atoms with Crippen LogP contribution in [0.2, 0.25) is 0 Å². The number of rotatable bonds is 7. The van der Waals surface area contributed by atoms with Crippen molar-refractivity contribution in [3.8, 4) is 0 Å². The smallest absolute Gasteiger partial charge is 0.123 e. The van der Waals surface area contributed by atoms with Crippen LogP contribution < -0.4 is 5.32 Å². The van der Waals surface area contributed by atoms with E-state index in [4.69, 9.17) is 0 Å². The molecule has 0 unspecified atom stereocenters. The van der Waals surface area contributed by atoms with Crippen molar-refractivity contribution in [2.45, 2.75) is 33.1 Å². The van der Waals surface area contributed by atoms with Gasteiger partial charge in [-0.1, -0.05) is 26.0 Å². The first-order valence-electron chi connectivity index (χ1n) is 6.13. The summed E-state index contributed by atoms with van der Waals surface area (Å²) >= 11 is 0. The van der Waals surface area contributed by atoms with E-state index in [2.05, 4.69) is 19.2 Å².